The van der Waals surface area contributed by atoms with Crippen LogP contribution in [0, 0.1) is 5.92 Å². The van der Waals surface area contributed by atoms with Gasteiger partial charge in [0.15, 0.2) is 0 Å². The van der Waals surface area contributed by atoms with E-state index in [9.17, 15) is 13.2 Å². The standard InChI is InChI=1S/C27H29N3O4S/c1-19-16-29(14-12-27(19)18-30(23-8-9-23)26(31)17-34-27)35(32,33)24-10-6-20(7-11-24)22-5-4-21-3-2-13-28-25(21)15-22/h2-7,10-11,13,15,19,23H,8-9,12,14,16-18H2,1H3. The van der Waals surface area contributed by atoms with Crippen LogP contribution in [0.1, 0.15) is 26.2 Å². The first-order chi connectivity index (χ1) is 16.9. The van der Waals surface area contributed by atoms with E-state index in [4.69, 9.17) is 4.74 Å². The summed E-state index contributed by atoms with van der Waals surface area (Å²) in [6.07, 6.45) is 4.47. The zero-order valence-corrected chi connectivity index (χ0v) is 20.6. The second kappa shape index (κ2) is 8.40. The van der Waals surface area contributed by atoms with Gasteiger partial charge < -0.3 is 9.64 Å². The first-order valence-corrected chi connectivity index (χ1v) is 13.7. The van der Waals surface area contributed by atoms with Crippen molar-refractivity contribution in [3.8, 4) is 11.1 Å². The van der Waals surface area contributed by atoms with Crippen LogP contribution >= 0.6 is 0 Å². The molecule has 2 saturated heterocycles. The molecule has 0 radical (unpaired) electrons. The third kappa shape index (κ3) is 4.03. The second-order valence-electron chi connectivity index (χ2n) is 10.1. The number of aromatic nitrogens is 1. The number of morpholine rings is 1. The summed E-state index contributed by atoms with van der Waals surface area (Å²) in [7, 11) is -3.63. The largest absolute Gasteiger partial charge is 0.363 e. The molecule has 0 bridgehead atoms. The van der Waals surface area contributed by atoms with Crippen LogP contribution in [0.4, 0.5) is 0 Å². The topological polar surface area (TPSA) is 79.8 Å². The molecular weight excluding hydrogens is 462 g/mol. The van der Waals surface area contributed by atoms with E-state index in [1.54, 1.807) is 22.6 Å². The molecule has 35 heavy (non-hydrogen) atoms. The molecule has 3 aliphatic rings. The minimum Gasteiger partial charge on any atom is -0.363 e. The van der Waals surface area contributed by atoms with Crippen LogP contribution < -0.4 is 0 Å². The minimum absolute atomic E-state index is 0.00949. The van der Waals surface area contributed by atoms with Crippen molar-refractivity contribution < 1.29 is 17.9 Å². The molecule has 3 heterocycles. The van der Waals surface area contributed by atoms with Crippen molar-refractivity contribution in [2.75, 3.05) is 26.2 Å². The van der Waals surface area contributed by atoms with Crippen molar-refractivity contribution in [2.24, 2.45) is 5.92 Å². The van der Waals surface area contributed by atoms with E-state index in [1.165, 1.54) is 0 Å². The molecule has 1 spiro atoms. The molecule has 3 fully saturated rings. The number of hydrogen-bond acceptors (Lipinski definition) is 5. The second-order valence-corrected chi connectivity index (χ2v) is 12.0. The lowest BCUT2D eigenvalue weighted by atomic mass is 9.81. The third-order valence-electron chi connectivity index (χ3n) is 7.82. The van der Waals surface area contributed by atoms with Crippen molar-refractivity contribution in [2.45, 2.75) is 42.7 Å². The van der Waals surface area contributed by atoms with E-state index in [1.807, 2.05) is 54.3 Å². The lowest BCUT2D eigenvalue weighted by Gasteiger charge is -2.50. The number of fused-ring (bicyclic) bond motifs is 1. The van der Waals surface area contributed by atoms with Crippen molar-refractivity contribution >= 4 is 26.8 Å². The normalized spacial score (nSPS) is 25.9. The number of hydrogen-bond donors (Lipinski definition) is 0. The molecular formula is C27H29N3O4S. The summed E-state index contributed by atoms with van der Waals surface area (Å²) >= 11 is 0. The molecule has 2 unspecified atom stereocenters. The van der Waals surface area contributed by atoms with Gasteiger partial charge in [-0.05, 0) is 54.7 Å². The lowest BCUT2D eigenvalue weighted by molar-refractivity contribution is -0.181. The van der Waals surface area contributed by atoms with Gasteiger partial charge in [-0.1, -0.05) is 37.3 Å². The fourth-order valence-corrected chi connectivity index (χ4v) is 6.96. The monoisotopic (exact) mass is 491 g/mol. The van der Waals surface area contributed by atoms with E-state index >= 15 is 0 Å². The number of carbonyl (C=O) groups is 1. The number of benzene rings is 2. The number of sulfonamides is 1. The number of carbonyl (C=O) groups excluding carboxylic acids is 1. The molecule has 0 N–H and O–H groups in total. The molecule has 7 nitrogen and oxygen atoms in total. The highest BCUT2D eigenvalue weighted by Gasteiger charge is 2.51. The first-order valence-electron chi connectivity index (χ1n) is 12.2. The van der Waals surface area contributed by atoms with Gasteiger partial charge in [0.25, 0.3) is 0 Å². The summed E-state index contributed by atoms with van der Waals surface area (Å²) in [5.41, 5.74) is 2.39. The number of amides is 1. The third-order valence-corrected chi connectivity index (χ3v) is 9.70. The van der Waals surface area contributed by atoms with Crippen molar-refractivity contribution in [3.63, 3.8) is 0 Å². The highest BCUT2D eigenvalue weighted by molar-refractivity contribution is 7.89. The molecule has 1 saturated carbocycles. The summed E-state index contributed by atoms with van der Waals surface area (Å²) < 4.78 is 34.6. The number of ether oxygens (including phenoxy) is 1. The SMILES string of the molecule is CC1CN(S(=O)(=O)c2ccc(-c3ccc4cccnc4c3)cc2)CCC12CN(C1CC1)C(=O)CO2. The Morgan fingerprint density at radius 1 is 1.06 bits per heavy atom. The first kappa shape index (κ1) is 22.6. The Morgan fingerprint density at radius 3 is 2.57 bits per heavy atom. The molecule has 1 aromatic heterocycles. The number of nitrogens with zero attached hydrogens (tertiary/aromatic N) is 3. The minimum atomic E-state index is -3.63. The Bertz CT molecular complexity index is 1390. The van der Waals surface area contributed by atoms with Crippen LogP contribution in [0.25, 0.3) is 22.0 Å². The maximum absolute atomic E-state index is 13.5. The molecule has 8 heteroatoms. The maximum atomic E-state index is 13.5. The van der Waals surface area contributed by atoms with E-state index in [2.05, 4.69) is 4.98 Å². The Balaban J connectivity index is 1.19. The summed E-state index contributed by atoms with van der Waals surface area (Å²) in [5.74, 6) is 0.0485. The Labute approximate surface area is 205 Å². The van der Waals surface area contributed by atoms with Gasteiger partial charge in [0, 0.05) is 36.6 Å². The van der Waals surface area contributed by atoms with E-state index < -0.39 is 15.6 Å². The Hall–Kier alpha value is -2.81. The highest BCUT2D eigenvalue weighted by atomic mass is 32.2. The van der Waals surface area contributed by atoms with Gasteiger partial charge >= 0.3 is 0 Å². The van der Waals surface area contributed by atoms with Crippen LogP contribution in [0.2, 0.25) is 0 Å². The molecule has 182 valence electrons. The van der Waals surface area contributed by atoms with Gasteiger partial charge in [-0.15, -0.1) is 0 Å². The van der Waals surface area contributed by atoms with E-state index in [-0.39, 0.29) is 18.4 Å². The highest BCUT2D eigenvalue weighted by Crippen LogP contribution is 2.40. The van der Waals surface area contributed by atoms with Crippen LogP contribution in [-0.2, 0) is 19.6 Å². The summed E-state index contributed by atoms with van der Waals surface area (Å²) in [6, 6.07) is 17.4. The van der Waals surface area contributed by atoms with Gasteiger partial charge in [0.1, 0.15) is 6.61 Å². The van der Waals surface area contributed by atoms with Gasteiger partial charge in [0.05, 0.1) is 22.6 Å². The van der Waals surface area contributed by atoms with Crippen LogP contribution in [0.15, 0.2) is 65.7 Å². The van der Waals surface area contributed by atoms with E-state index in [0.29, 0.717) is 37.0 Å². The summed E-state index contributed by atoms with van der Waals surface area (Å²) in [6.45, 7) is 3.48. The molecule has 6 rings (SSSR count). The Kier molecular flexibility index (Phi) is 5.43. The molecule has 1 amide bonds. The molecule has 2 aromatic carbocycles. The van der Waals surface area contributed by atoms with Crippen LogP contribution in [-0.4, -0.2) is 66.4 Å². The van der Waals surface area contributed by atoms with Crippen molar-refractivity contribution in [3.05, 3.63) is 60.8 Å². The zero-order valence-electron chi connectivity index (χ0n) is 19.8. The van der Waals surface area contributed by atoms with Crippen molar-refractivity contribution in [1.29, 1.82) is 0 Å². The summed E-state index contributed by atoms with van der Waals surface area (Å²) in [5, 5.41) is 1.07. The molecule has 2 aliphatic heterocycles. The predicted octanol–water partition coefficient (Wildman–Crippen LogP) is 3.69. The fraction of sp³-hybridized carbons (Fsp3) is 0.407. The summed E-state index contributed by atoms with van der Waals surface area (Å²) in [4.78, 5) is 19.0. The molecule has 3 aromatic rings. The Morgan fingerprint density at radius 2 is 1.83 bits per heavy atom. The van der Waals surface area contributed by atoms with Crippen LogP contribution in [0.3, 0.4) is 0 Å². The number of pyridine rings is 1. The lowest BCUT2D eigenvalue weighted by Crippen LogP contribution is -2.63. The van der Waals surface area contributed by atoms with Gasteiger partial charge in [-0.3, -0.25) is 9.78 Å². The average Bonchev–Trinajstić information content (AvgIpc) is 3.72. The quantitative estimate of drug-likeness (QED) is 0.556. The fourth-order valence-electron chi connectivity index (χ4n) is 5.44. The number of rotatable bonds is 4. The van der Waals surface area contributed by atoms with Crippen LogP contribution in [0.5, 0.6) is 0 Å². The number of piperidine rings is 1. The zero-order chi connectivity index (χ0) is 24.2. The smallest absolute Gasteiger partial charge is 0.248 e. The maximum Gasteiger partial charge on any atom is 0.248 e. The van der Waals surface area contributed by atoms with Crippen molar-refractivity contribution in [1.82, 2.24) is 14.2 Å². The van der Waals surface area contributed by atoms with Gasteiger partial charge in [0.2, 0.25) is 15.9 Å². The average molecular weight is 492 g/mol. The van der Waals surface area contributed by atoms with Gasteiger partial charge in [-0.2, -0.15) is 4.31 Å². The van der Waals surface area contributed by atoms with E-state index in [0.717, 1.165) is 34.9 Å². The molecule has 2 atom stereocenters. The predicted molar refractivity (Wildman–Crippen MR) is 133 cm³/mol. The van der Waals surface area contributed by atoms with Gasteiger partial charge in [-0.25, -0.2) is 8.42 Å². The molecule has 1 aliphatic carbocycles.